The number of aryl methyl sites for hydroxylation is 1. The van der Waals surface area contributed by atoms with Gasteiger partial charge in [-0.25, -0.2) is 9.78 Å². The lowest BCUT2D eigenvalue weighted by atomic mass is 10.1. The number of fused-ring (bicyclic) bond motifs is 1. The van der Waals surface area contributed by atoms with Crippen molar-refractivity contribution in [2.75, 3.05) is 5.32 Å². The molecule has 0 aliphatic carbocycles. The minimum absolute atomic E-state index is 0.377. The van der Waals surface area contributed by atoms with Gasteiger partial charge in [-0.3, -0.25) is 0 Å². The molecule has 0 saturated carbocycles. The van der Waals surface area contributed by atoms with E-state index < -0.39 is 5.60 Å². The summed E-state index contributed by atoms with van der Waals surface area (Å²) >= 11 is 2.28. The minimum atomic E-state index is -0.571. The number of aromatic amines is 1. The van der Waals surface area contributed by atoms with Gasteiger partial charge in [-0.1, -0.05) is 0 Å². The summed E-state index contributed by atoms with van der Waals surface area (Å²) in [5, 5.41) is 4.06. The Hall–Kier alpha value is -2.09. The number of halogens is 1. The van der Waals surface area contributed by atoms with Crippen molar-refractivity contribution in [3.63, 3.8) is 0 Å². The molecule has 0 aliphatic rings. The number of nitrogens with zero attached hydrogens (tertiary/aromatic N) is 1. The van der Waals surface area contributed by atoms with Crippen LogP contribution in [0.25, 0.3) is 11.0 Å². The van der Waals surface area contributed by atoms with Gasteiger partial charge in [0.25, 0.3) is 0 Å². The molecule has 3 aromatic rings. The highest BCUT2D eigenvalue weighted by atomic mass is 127. The lowest BCUT2D eigenvalue weighted by Gasteiger charge is -2.20. The number of benzene rings is 1. The number of aromatic nitrogens is 2. The van der Waals surface area contributed by atoms with E-state index in [1.165, 1.54) is 0 Å². The summed E-state index contributed by atoms with van der Waals surface area (Å²) < 4.78 is 6.75. The van der Waals surface area contributed by atoms with E-state index in [4.69, 9.17) is 4.74 Å². The summed E-state index contributed by atoms with van der Waals surface area (Å²) in [5.41, 5.74) is 2.56. The standard InChI is InChI=1S/C19H20IN3O2/c1-11-10-12(20)7-8-14(11)22-17-15(18(24)25-19(2,3)4)13-6-5-9-21-16(13)23-17/h5-10,22H,1-4H3,(H,21,23). The highest BCUT2D eigenvalue weighted by Crippen LogP contribution is 2.30. The first-order valence-corrected chi connectivity index (χ1v) is 9.06. The van der Waals surface area contributed by atoms with Gasteiger partial charge in [-0.15, -0.1) is 0 Å². The molecular formula is C19H20IN3O2. The molecule has 3 rings (SSSR count). The van der Waals surface area contributed by atoms with Gasteiger partial charge >= 0.3 is 5.97 Å². The maximum atomic E-state index is 12.8. The molecule has 0 bridgehead atoms. The van der Waals surface area contributed by atoms with Crippen molar-refractivity contribution >= 4 is 51.1 Å². The fourth-order valence-electron chi connectivity index (χ4n) is 2.56. The zero-order valence-corrected chi connectivity index (χ0v) is 16.8. The van der Waals surface area contributed by atoms with Crippen molar-refractivity contribution in [1.29, 1.82) is 0 Å². The monoisotopic (exact) mass is 449 g/mol. The summed E-state index contributed by atoms with van der Waals surface area (Å²) in [4.78, 5) is 20.3. The molecule has 0 amide bonds. The van der Waals surface area contributed by atoms with Crippen LogP contribution in [-0.4, -0.2) is 21.5 Å². The number of carbonyl (C=O) groups is 1. The smallest absolute Gasteiger partial charge is 0.343 e. The first-order valence-electron chi connectivity index (χ1n) is 7.98. The molecule has 1 aromatic carbocycles. The van der Waals surface area contributed by atoms with Crippen LogP contribution in [0.4, 0.5) is 11.5 Å². The van der Waals surface area contributed by atoms with Crippen LogP contribution in [0.5, 0.6) is 0 Å². The Morgan fingerprint density at radius 3 is 2.72 bits per heavy atom. The predicted octanol–water partition coefficient (Wildman–Crippen LogP) is 5.17. The Bertz CT molecular complexity index is 941. The van der Waals surface area contributed by atoms with Gasteiger partial charge in [0.15, 0.2) is 0 Å². The molecule has 5 nitrogen and oxygen atoms in total. The first kappa shape index (κ1) is 17.7. The van der Waals surface area contributed by atoms with Gasteiger partial charge in [0.2, 0.25) is 0 Å². The van der Waals surface area contributed by atoms with Crippen LogP contribution in [0.1, 0.15) is 36.7 Å². The van der Waals surface area contributed by atoms with E-state index in [0.29, 0.717) is 17.0 Å². The van der Waals surface area contributed by atoms with Gasteiger partial charge in [0.05, 0.1) is 0 Å². The summed E-state index contributed by atoms with van der Waals surface area (Å²) in [5.74, 6) is 0.213. The van der Waals surface area contributed by atoms with Crippen LogP contribution in [0, 0.1) is 10.5 Å². The summed E-state index contributed by atoms with van der Waals surface area (Å²) in [7, 11) is 0. The predicted molar refractivity (Wildman–Crippen MR) is 108 cm³/mol. The molecule has 0 fully saturated rings. The van der Waals surface area contributed by atoms with Crippen LogP contribution in [0.15, 0.2) is 36.5 Å². The maximum Gasteiger partial charge on any atom is 0.343 e. The van der Waals surface area contributed by atoms with Gasteiger partial charge in [-0.2, -0.15) is 0 Å². The van der Waals surface area contributed by atoms with Crippen LogP contribution >= 0.6 is 22.6 Å². The lowest BCUT2D eigenvalue weighted by molar-refractivity contribution is 0.00731. The molecule has 0 radical (unpaired) electrons. The summed E-state index contributed by atoms with van der Waals surface area (Å²) in [6.45, 7) is 7.59. The molecule has 6 heteroatoms. The normalized spacial score (nSPS) is 11.6. The van der Waals surface area contributed by atoms with E-state index in [0.717, 1.165) is 20.2 Å². The molecule has 0 saturated heterocycles. The number of rotatable bonds is 3. The van der Waals surface area contributed by atoms with E-state index in [2.05, 4.69) is 43.9 Å². The van der Waals surface area contributed by atoms with Gasteiger partial charge < -0.3 is 15.0 Å². The van der Waals surface area contributed by atoms with E-state index in [-0.39, 0.29) is 5.97 Å². The van der Waals surface area contributed by atoms with Crippen LogP contribution in [0.3, 0.4) is 0 Å². The number of hydrogen-bond acceptors (Lipinski definition) is 4. The second kappa shape index (κ2) is 6.67. The van der Waals surface area contributed by atoms with Crippen LogP contribution in [-0.2, 0) is 4.74 Å². The van der Waals surface area contributed by atoms with Crippen LogP contribution in [0.2, 0.25) is 0 Å². The van der Waals surface area contributed by atoms with Gasteiger partial charge in [0.1, 0.15) is 22.6 Å². The largest absolute Gasteiger partial charge is 0.456 e. The van der Waals surface area contributed by atoms with Crippen molar-refractivity contribution in [2.45, 2.75) is 33.3 Å². The molecular weight excluding hydrogens is 429 g/mol. The van der Waals surface area contributed by atoms with Crippen molar-refractivity contribution in [3.05, 3.63) is 51.2 Å². The number of pyridine rings is 1. The average molecular weight is 449 g/mol. The number of esters is 1. The van der Waals surface area contributed by atoms with E-state index in [1.807, 2.05) is 52.0 Å². The molecule has 0 atom stereocenters. The Labute approximate surface area is 160 Å². The summed E-state index contributed by atoms with van der Waals surface area (Å²) in [6.07, 6.45) is 1.69. The Morgan fingerprint density at radius 1 is 1.28 bits per heavy atom. The number of hydrogen-bond donors (Lipinski definition) is 2. The molecule has 0 spiro atoms. The fraction of sp³-hybridized carbons (Fsp3) is 0.263. The van der Waals surface area contributed by atoms with Gasteiger partial charge in [0, 0.05) is 20.8 Å². The number of carbonyl (C=O) groups excluding carboxylic acids is 1. The zero-order valence-electron chi connectivity index (χ0n) is 14.6. The first-order chi connectivity index (χ1) is 11.7. The third-order valence-corrected chi connectivity index (χ3v) is 4.29. The topological polar surface area (TPSA) is 67.0 Å². The maximum absolute atomic E-state index is 12.8. The van der Waals surface area contributed by atoms with Crippen molar-refractivity contribution < 1.29 is 9.53 Å². The molecule has 0 unspecified atom stereocenters. The zero-order chi connectivity index (χ0) is 18.2. The Morgan fingerprint density at radius 2 is 2.04 bits per heavy atom. The highest BCUT2D eigenvalue weighted by molar-refractivity contribution is 14.1. The highest BCUT2D eigenvalue weighted by Gasteiger charge is 2.25. The molecule has 2 N–H and O–H groups in total. The molecule has 130 valence electrons. The third kappa shape index (κ3) is 3.95. The average Bonchev–Trinajstić information content (AvgIpc) is 2.86. The fourth-order valence-corrected chi connectivity index (χ4v) is 3.21. The number of nitrogens with one attached hydrogen (secondary N) is 2. The van der Waals surface area contributed by atoms with E-state index in [9.17, 15) is 4.79 Å². The van der Waals surface area contributed by atoms with E-state index in [1.54, 1.807) is 6.20 Å². The van der Waals surface area contributed by atoms with E-state index >= 15 is 0 Å². The van der Waals surface area contributed by atoms with Gasteiger partial charge in [-0.05, 0) is 86.2 Å². The molecule has 2 aromatic heterocycles. The second-order valence-corrected chi connectivity index (χ2v) is 8.11. The third-order valence-electron chi connectivity index (χ3n) is 3.62. The quantitative estimate of drug-likeness (QED) is 0.428. The van der Waals surface area contributed by atoms with Crippen molar-refractivity contribution in [2.24, 2.45) is 0 Å². The number of ether oxygens (including phenoxy) is 1. The number of anilines is 2. The molecule has 2 heterocycles. The second-order valence-electron chi connectivity index (χ2n) is 6.86. The summed E-state index contributed by atoms with van der Waals surface area (Å²) in [6, 6.07) is 9.77. The molecule has 25 heavy (non-hydrogen) atoms. The Kier molecular flexibility index (Phi) is 4.73. The van der Waals surface area contributed by atoms with Crippen molar-refractivity contribution in [1.82, 2.24) is 9.97 Å². The molecule has 0 aliphatic heterocycles. The van der Waals surface area contributed by atoms with Crippen molar-refractivity contribution in [3.8, 4) is 0 Å². The lowest BCUT2D eigenvalue weighted by Crippen LogP contribution is -2.24. The van der Waals surface area contributed by atoms with Crippen LogP contribution < -0.4 is 5.32 Å². The number of H-pyrrole nitrogens is 1. The minimum Gasteiger partial charge on any atom is -0.456 e. The SMILES string of the molecule is Cc1cc(I)ccc1Nc1[nH]c2ncccc2c1C(=O)OC(C)(C)C. The Balaban J connectivity index is 2.08.